The van der Waals surface area contributed by atoms with Crippen molar-refractivity contribution in [2.45, 2.75) is 32.6 Å². The zero-order chi connectivity index (χ0) is 11.6. The van der Waals surface area contributed by atoms with Crippen LogP contribution in [-0.2, 0) is 0 Å². The van der Waals surface area contributed by atoms with Crippen LogP contribution in [0.2, 0.25) is 0 Å². The third kappa shape index (κ3) is 2.06. The molecule has 1 saturated carbocycles. The van der Waals surface area contributed by atoms with E-state index in [1.54, 1.807) is 6.08 Å². The lowest BCUT2D eigenvalue weighted by Gasteiger charge is -2.51. The summed E-state index contributed by atoms with van der Waals surface area (Å²) in [7, 11) is 0. The van der Waals surface area contributed by atoms with Gasteiger partial charge in [-0.15, -0.1) is 0 Å². The third-order valence-electron chi connectivity index (χ3n) is 4.14. The highest BCUT2D eigenvalue weighted by atomic mass is 15.2. The first-order valence-corrected chi connectivity index (χ1v) is 6.23. The highest BCUT2D eigenvalue weighted by Crippen LogP contribution is 2.52. The summed E-state index contributed by atoms with van der Waals surface area (Å²) in [5.74, 6) is 1.93. The van der Waals surface area contributed by atoms with E-state index in [2.05, 4.69) is 30.1 Å². The van der Waals surface area contributed by atoms with Crippen molar-refractivity contribution in [1.29, 1.82) is 0 Å². The monoisotopic (exact) mass is 218 g/mol. The van der Waals surface area contributed by atoms with Crippen molar-refractivity contribution in [3.63, 3.8) is 0 Å². The molecule has 1 aliphatic carbocycles. The molecule has 0 aromatic carbocycles. The number of likely N-dealkylation sites (tertiary alicyclic amines) is 1. The average Bonchev–Trinajstić information content (AvgIpc) is 2.25. The molecule has 2 heteroatoms. The van der Waals surface area contributed by atoms with Crippen LogP contribution in [0, 0.1) is 11.3 Å². The molecule has 0 aromatic heterocycles. The van der Waals surface area contributed by atoms with E-state index in [9.17, 15) is 0 Å². The molecule has 0 atom stereocenters. The SMILES string of the molecule is C=C/C=C(\N=C)N1CCC2(CC1)CC(C)C2. The molecule has 0 amide bonds. The van der Waals surface area contributed by atoms with Crippen LogP contribution in [0.25, 0.3) is 0 Å². The van der Waals surface area contributed by atoms with E-state index in [-0.39, 0.29) is 0 Å². The number of hydrogen-bond donors (Lipinski definition) is 0. The van der Waals surface area contributed by atoms with Crippen molar-refractivity contribution in [3.8, 4) is 0 Å². The van der Waals surface area contributed by atoms with Gasteiger partial charge in [0, 0.05) is 13.1 Å². The molecule has 0 bridgehead atoms. The second-order valence-electron chi connectivity index (χ2n) is 5.42. The molecule has 2 fully saturated rings. The van der Waals surface area contributed by atoms with Gasteiger partial charge in [-0.05, 0) is 49.8 Å². The normalized spacial score (nSPS) is 25.3. The topological polar surface area (TPSA) is 15.6 Å². The minimum Gasteiger partial charge on any atom is -0.357 e. The number of piperidine rings is 1. The quantitative estimate of drug-likeness (QED) is 0.524. The zero-order valence-corrected chi connectivity index (χ0v) is 10.3. The Morgan fingerprint density at radius 2 is 2.00 bits per heavy atom. The Hall–Kier alpha value is -1.05. The summed E-state index contributed by atoms with van der Waals surface area (Å²) in [6, 6.07) is 0. The molecule has 16 heavy (non-hydrogen) atoms. The summed E-state index contributed by atoms with van der Waals surface area (Å²) < 4.78 is 0. The molecule has 0 radical (unpaired) electrons. The second-order valence-corrected chi connectivity index (χ2v) is 5.42. The van der Waals surface area contributed by atoms with Crippen molar-refractivity contribution in [2.75, 3.05) is 13.1 Å². The van der Waals surface area contributed by atoms with Crippen molar-refractivity contribution < 1.29 is 0 Å². The zero-order valence-electron chi connectivity index (χ0n) is 10.3. The largest absolute Gasteiger partial charge is 0.357 e. The molecule has 1 heterocycles. The van der Waals surface area contributed by atoms with Gasteiger partial charge >= 0.3 is 0 Å². The Morgan fingerprint density at radius 1 is 1.38 bits per heavy atom. The summed E-state index contributed by atoms with van der Waals surface area (Å²) in [6.45, 7) is 12.0. The minimum absolute atomic E-state index is 0.677. The highest BCUT2D eigenvalue weighted by molar-refractivity contribution is 5.29. The second kappa shape index (κ2) is 4.44. The van der Waals surface area contributed by atoms with E-state index in [4.69, 9.17) is 0 Å². The number of hydrogen-bond acceptors (Lipinski definition) is 2. The third-order valence-corrected chi connectivity index (χ3v) is 4.14. The molecule has 0 aromatic rings. The Bertz CT molecular complexity index is 301. The van der Waals surface area contributed by atoms with Crippen molar-refractivity contribution in [3.05, 3.63) is 24.6 Å². The molecule has 1 aliphatic heterocycles. The summed E-state index contributed by atoms with van der Waals surface area (Å²) in [5, 5.41) is 0. The van der Waals surface area contributed by atoms with Gasteiger partial charge < -0.3 is 4.90 Å². The fraction of sp³-hybridized carbons (Fsp3) is 0.643. The van der Waals surface area contributed by atoms with E-state index in [0.29, 0.717) is 5.41 Å². The van der Waals surface area contributed by atoms with Crippen LogP contribution < -0.4 is 0 Å². The van der Waals surface area contributed by atoms with Crippen LogP contribution in [0.1, 0.15) is 32.6 Å². The van der Waals surface area contributed by atoms with Crippen LogP contribution in [-0.4, -0.2) is 24.7 Å². The van der Waals surface area contributed by atoms with Gasteiger partial charge in [0.2, 0.25) is 0 Å². The first-order chi connectivity index (χ1) is 7.69. The lowest BCUT2D eigenvalue weighted by atomic mass is 9.58. The van der Waals surface area contributed by atoms with Gasteiger partial charge in [0.25, 0.3) is 0 Å². The smallest absolute Gasteiger partial charge is 0.127 e. The molecule has 2 nitrogen and oxygen atoms in total. The molecule has 2 rings (SSSR count). The van der Waals surface area contributed by atoms with Crippen LogP contribution in [0.5, 0.6) is 0 Å². The Labute approximate surface area is 98.7 Å². The predicted octanol–water partition coefficient (Wildman–Crippen LogP) is 3.23. The molecular formula is C14H22N2. The predicted molar refractivity (Wildman–Crippen MR) is 69.5 cm³/mol. The fourth-order valence-electron chi connectivity index (χ4n) is 3.40. The molecule has 0 unspecified atom stereocenters. The van der Waals surface area contributed by atoms with Crippen molar-refractivity contribution in [1.82, 2.24) is 4.90 Å². The van der Waals surface area contributed by atoms with Gasteiger partial charge in [-0.3, -0.25) is 0 Å². The van der Waals surface area contributed by atoms with Crippen LogP contribution >= 0.6 is 0 Å². The number of nitrogens with zero attached hydrogens (tertiary/aromatic N) is 2. The molecule has 88 valence electrons. The molecule has 1 saturated heterocycles. The Morgan fingerprint density at radius 3 is 2.44 bits per heavy atom. The minimum atomic E-state index is 0.677. The number of rotatable bonds is 3. The van der Waals surface area contributed by atoms with E-state index in [0.717, 1.165) is 24.8 Å². The molecular weight excluding hydrogens is 196 g/mol. The maximum Gasteiger partial charge on any atom is 0.127 e. The number of aliphatic imine (C=N–C) groups is 1. The van der Waals surface area contributed by atoms with Crippen LogP contribution in [0.15, 0.2) is 29.5 Å². The van der Waals surface area contributed by atoms with Gasteiger partial charge in [0.1, 0.15) is 5.82 Å². The lowest BCUT2D eigenvalue weighted by molar-refractivity contribution is 0.00273. The van der Waals surface area contributed by atoms with Gasteiger partial charge in [-0.2, -0.15) is 0 Å². The molecule has 0 N–H and O–H groups in total. The fourth-order valence-corrected chi connectivity index (χ4v) is 3.40. The van der Waals surface area contributed by atoms with E-state index >= 15 is 0 Å². The van der Waals surface area contributed by atoms with Gasteiger partial charge in [-0.25, -0.2) is 4.99 Å². The van der Waals surface area contributed by atoms with Crippen molar-refractivity contribution in [2.24, 2.45) is 16.3 Å². The van der Waals surface area contributed by atoms with Crippen molar-refractivity contribution >= 4 is 6.72 Å². The maximum atomic E-state index is 4.07. The first-order valence-electron chi connectivity index (χ1n) is 6.23. The number of allylic oxidation sites excluding steroid dienone is 2. The summed E-state index contributed by atoms with van der Waals surface area (Å²) in [6.07, 6.45) is 9.25. The standard InChI is InChI=1S/C14H22N2/c1-4-5-13(15-3)16-8-6-14(7-9-16)10-12(2)11-14/h4-5,12H,1,3,6-11H2,2H3/b13-5+. The summed E-state index contributed by atoms with van der Waals surface area (Å²) in [5.41, 5.74) is 0.677. The Kier molecular flexibility index (Phi) is 3.17. The average molecular weight is 218 g/mol. The van der Waals surface area contributed by atoms with Crippen LogP contribution in [0.4, 0.5) is 0 Å². The highest BCUT2D eigenvalue weighted by Gasteiger charge is 2.43. The molecule has 1 spiro atoms. The summed E-state index contributed by atoms with van der Waals surface area (Å²) in [4.78, 5) is 6.41. The maximum absolute atomic E-state index is 4.07. The lowest BCUT2D eigenvalue weighted by Crippen LogP contribution is -2.45. The van der Waals surface area contributed by atoms with Crippen LogP contribution in [0.3, 0.4) is 0 Å². The van der Waals surface area contributed by atoms with Gasteiger partial charge in [0.05, 0.1) is 0 Å². The van der Waals surface area contributed by atoms with Gasteiger partial charge in [-0.1, -0.05) is 19.6 Å². The van der Waals surface area contributed by atoms with E-state index in [1.165, 1.54) is 25.7 Å². The molecule has 2 aliphatic rings. The summed E-state index contributed by atoms with van der Waals surface area (Å²) >= 11 is 0. The Balaban J connectivity index is 1.92. The van der Waals surface area contributed by atoms with E-state index < -0.39 is 0 Å². The van der Waals surface area contributed by atoms with E-state index in [1.807, 2.05) is 6.08 Å². The van der Waals surface area contributed by atoms with Gasteiger partial charge in [0.15, 0.2) is 0 Å². The first kappa shape index (κ1) is 11.4.